The van der Waals surface area contributed by atoms with Crippen LogP contribution in [0.5, 0.6) is 0 Å². The van der Waals surface area contributed by atoms with Crippen LogP contribution >= 0.6 is 0 Å². The zero-order valence-corrected chi connectivity index (χ0v) is 5.56. The van der Waals surface area contributed by atoms with Gasteiger partial charge in [0.1, 0.15) is 12.6 Å². The molecule has 0 unspecified atom stereocenters. The highest BCUT2D eigenvalue weighted by atomic mass is 16.4. The van der Waals surface area contributed by atoms with Crippen molar-refractivity contribution in [3.8, 4) is 6.07 Å². The molecule has 0 saturated heterocycles. The summed E-state index contributed by atoms with van der Waals surface area (Å²) in [5, 5.41) is 20.3. The molecule has 5 nitrogen and oxygen atoms in total. The summed E-state index contributed by atoms with van der Waals surface area (Å²) >= 11 is 0. The van der Waals surface area contributed by atoms with Gasteiger partial charge in [0, 0.05) is 6.20 Å². The summed E-state index contributed by atoms with van der Waals surface area (Å²) in [6.45, 7) is -0.207. The number of nitriles is 1. The van der Waals surface area contributed by atoms with Gasteiger partial charge in [-0.2, -0.15) is 10.4 Å². The van der Waals surface area contributed by atoms with E-state index in [0.717, 1.165) is 0 Å². The van der Waals surface area contributed by atoms with Gasteiger partial charge in [-0.05, 0) is 0 Å². The number of carboxylic acid groups (broad SMARTS) is 1. The topological polar surface area (TPSA) is 78.9 Å². The molecule has 0 bridgehead atoms. The maximum Gasteiger partial charge on any atom is 0.325 e. The minimum Gasteiger partial charge on any atom is -0.480 e. The standard InChI is InChI=1S/C6H5N3O2/c7-1-5-2-8-9(3-5)4-6(10)11/h2-3H,4H2,(H,10,11). The number of rotatable bonds is 2. The summed E-state index contributed by atoms with van der Waals surface area (Å²) in [7, 11) is 0. The molecule has 0 aliphatic heterocycles. The average molecular weight is 151 g/mol. The quantitative estimate of drug-likeness (QED) is 0.636. The monoisotopic (exact) mass is 151 g/mol. The number of hydrogen-bond donors (Lipinski definition) is 1. The van der Waals surface area contributed by atoms with Crippen molar-refractivity contribution < 1.29 is 9.90 Å². The molecular formula is C6H5N3O2. The minimum atomic E-state index is -0.974. The lowest BCUT2D eigenvalue weighted by molar-refractivity contribution is -0.137. The van der Waals surface area contributed by atoms with Crippen LogP contribution in [0.4, 0.5) is 0 Å². The Morgan fingerprint density at radius 2 is 2.64 bits per heavy atom. The molecule has 0 aliphatic rings. The molecule has 1 N–H and O–H groups in total. The van der Waals surface area contributed by atoms with Gasteiger partial charge in [0.05, 0.1) is 11.8 Å². The van der Waals surface area contributed by atoms with Crippen molar-refractivity contribution in [3.05, 3.63) is 18.0 Å². The molecule has 1 rings (SSSR count). The zero-order valence-electron chi connectivity index (χ0n) is 5.56. The Morgan fingerprint density at radius 1 is 1.91 bits per heavy atom. The molecule has 1 aromatic rings. The summed E-state index contributed by atoms with van der Waals surface area (Å²) < 4.78 is 1.20. The lowest BCUT2D eigenvalue weighted by Gasteiger charge is -1.91. The smallest absolute Gasteiger partial charge is 0.325 e. The maximum atomic E-state index is 10.1. The molecule has 1 heterocycles. The molecule has 0 fully saturated rings. The number of carboxylic acids is 1. The normalized spacial score (nSPS) is 9.00. The molecule has 0 aromatic carbocycles. The van der Waals surface area contributed by atoms with E-state index in [2.05, 4.69) is 5.10 Å². The van der Waals surface area contributed by atoms with Crippen LogP contribution in [0.25, 0.3) is 0 Å². The highest BCUT2D eigenvalue weighted by Gasteiger charge is 2.00. The van der Waals surface area contributed by atoms with Gasteiger partial charge in [-0.15, -0.1) is 0 Å². The first-order chi connectivity index (χ1) is 5.22. The Kier molecular flexibility index (Phi) is 1.88. The summed E-state index contributed by atoms with van der Waals surface area (Å²) in [5.74, 6) is -0.974. The Hall–Kier alpha value is -1.83. The minimum absolute atomic E-state index is 0.207. The van der Waals surface area contributed by atoms with E-state index in [1.165, 1.54) is 17.1 Å². The molecule has 0 amide bonds. The van der Waals surface area contributed by atoms with Crippen LogP contribution in [-0.2, 0) is 11.3 Å². The number of carbonyl (C=O) groups is 1. The van der Waals surface area contributed by atoms with E-state index in [0.29, 0.717) is 5.56 Å². The number of aliphatic carboxylic acids is 1. The second kappa shape index (κ2) is 2.84. The van der Waals surface area contributed by atoms with Gasteiger partial charge in [0.25, 0.3) is 0 Å². The second-order valence-electron chi connectivity index (χ2n) is 1.93. The molecule has 0 aliphatic carbocycles. The number of nitrogens with zero attached hydrogens (tertiary/aromatic N) is 3. The largest absolute Gasteiger partial charge is 0.480 e. The van der Waals surface area contributed by atoms with Gasteiger partial charge in [0.15, 0.2) is 0 Å². The van der Waals surface area contributed by atoms with E-state index >= 15 is 0 Å². The SMILES string of the molecule is N#Cc1cnn(CC(=O)O)c1. The van der Waals surface area contributed by atoms with Crippen LogP contribution in [0.15, 0.2) is 12.4 Å². The lowest BCUT2D eigenvalue weighted by Crippen LogP contribution is -2.08. The van der Waals surface area contributed by atoms with Crippen LogP contribution < -0.4 is 0 Å². The van der Waals surface area contributed by atoms with Crippen molar-refractivity contribution in [2.45, 2.75) is 6.54 Å². The van der Waals surface area contributed by atoms with Crippen molar-refractivity contribution in [1.29, 1.82) is 5.26 Å². The molecule has 11 heavy (non-hydrogen) atoms. The number of aromatic nitrogens is 2. The van der Waals surface area contributed by atoms with E-state index in [9.17, 15) is 4.79 Å². The summed E-state index contributed by atoms with van der Waals surface area (Å²) in [6, 6.07) is 1.84. The average Bonchev–Trinajstić information content (AvgIpc) is 2.34. The van der Waals surface area contributed by atoms with E-state index in [4.69, 9.17) is 10.4 Å². The third-order valence-electron chi connectivity index (χ3n) is 1.06. The fraction of sp³-hybridized carbons (Fsp3) is 0.167. The first kappa shape index (κ1) is 7.28. The molecule has 1 aromatic heterocycles. The zero-order chi connectivity index (χ0) is 8.27. The van der Waals surface area contributed by atoms with Gasteiger partial charge < -0.3 is 5.11 Å². The van der Waals surface area contributed by atoms with Gasteiger partial charge in [-0.1, -0.05) is 0 Å². The Bertz CT molecular complexity index is 310. The lowest BCUT2D eigenvalue weighted by atomic mass is 10.4. The first-order valence-corrected chi connectivity index (χ1v) is 2.86. The fourth-order valence-corrected chi connectivity index (χ4v) is 0.646. The summed E-state index contributed by atoms with van der Waals surface area (Å²) in [4.78, 5) is 10.1. The van der Waals surface area contributed by atoms with E-state index in [-0.39, 0.29) is 6.54 Å². The second-order valence-corrected chi connectivity index (χ2v) is 1.93. The van der Waals surface area contributed by atoms with Crippen molar-refractivity contribution in [2.75, 3.05) is 0 Å². The summed E-state index contributed by atoms with van der Waals surface area (Å²) in [6.07, 6.45) is 2.71. The Morgan fingerprint density at radius 3 is 3.09 bits per heavy atom. The predicted molar refractivity (Wildman–Crippen MR) is 34.6 cm³/mol. The Labute approximate surface area is 62.5 Å². The van der Waals surface area contributed by atoms with Gasteiger partial charge in [-0.3, -0.25) is 9.48 Å². The van der Waals surface area contributed by atoms with E-state index in [1.54, 1.807) is 0 Å². The van der Waals surface area contributed by atoms with Crippen molar-refractivity contribution in [2.24, 2.45) is 0 Å². The molecule has 0 atom stereocenters. The van der Waals surface area contributed by atoms with E-state index < -0.39 is 5.97 Å². The number of hydrogen-bond acceptors (Lipinski definition) is 3. The molecule has 0 saturated carbocycles. The van der Waals surface area contributed by atoms with Gasteiger partial charge >= 0.3 is 5.97 Å². The van der Waals surface area contributed by atoms with E-state index in [1.807, 2.05) is 6.07 Å². The fourth-order valence-electron chi connectivity index (χ4n) is 0.646. The highest BCUT2D eigenvalue weighted by molar-refractivity contribution is 5.66. The van der Waals surface area contributed by atoms with Gasteiger partial charge in [0.2, 0.25) is 0 Å². The maximum absolute atomic E-state index is 10.1. The van der Waals surface area contributed by atoms with Crippen LogP contribution in [0.2, 0.25) is 0 Å². The highest BCUT2D eigenvalue weighted by Crippen LogP contribution is 1.93. The van der Waals surface area contributed by atoms with Crippen LogP contribution in [0, 0.1) is 11.3 Å². The third-order valence-corrected chi connectivity index (χ3v) is 1.06. The van der Waals surface area contributed by atoms with Gasteiger partial charge in [-0.25, -0.2) is 0 Å². The molecular weight excluding hydrogens is 146 g/mol. The van der Waals surface area contributed by atoms with Crippen LogP contribution in [0.1, 0.15) is 5.56 Å². The Balaban J connectivity index is 2.75. The van der Waals surface area contributed by atoms with Crippen LogP contribution in [-0.4, -0.2) is 20.9 Å². The molecule has 56 valence electrons. The van der Waals surface area contributed by atoms with Crippen molar-refractivity contribution in [3.63, 3.8) is 0 Å². The molecule has 5 heteroatoms. The third kappa shape index (κ3) is 1.79. The molecule has 0 spiro atoms. The summed E-state index contributed by atoms with van der Waals surface area (Å²) in [5.41, 5.74) is 0.367. The van der Waals surface area contributed by atoms with Crippen molar-refractivity contribution in [1.82, 2.24) is 9.78 Å². The van der Waals surface area contributed by atoms with Crippen LogP contribution in [0.3, 0.4) is 0 Å². The molecule has 0 radical (unpaired) electrons. The predicted octanol–water partition coefficient (Wildman–Crippen LogP) is -0.161. The first-order valence-electron chi connectivity index (χ1n) is 2.86. The van der Waals surface area contributed by atoms with Crippen molar-refractivity contribution >= 4 is 5.97 Å².